The zero-order valence-electron chi connectivity index (χ0n) is 15.6. The van der Waals surface area contributed by atoms with Gasteiger partial charge >= 0.3 is 6.03 Å². The highest BCUT2D eigenvalue weighted by Gasteiger charge is 2.46. The molecule has 0 spiro atoms. The van der Waals surface area contributed by atoms with Gasteiger partial charge in [-0.1, -0.05) is 23.4 Å². The van der Waals surface area contributed by atoms with Gasteiger partial charge in [0.2, 0.25) is 5.54 Å². The van der Waals surface area contributed by atoms with Gasteiger partial charge in [0.1, 0.15) is 11.6 Å². The Morgan fingerprint density at radius 2 is 2.07 bits per heavy atom. The number of aromatic nitrogens is 1. The molecule has 2 aromatic carbocycles. The lowest BCUT2D eigenvalue weighted by atomic mass is 10.00. The summed E-state index contributed by atoms with van der Waals surface area (Å²) in [7, 11) is 1.51. The van der Waals surface area contributed by atoms with Crippen LogP contribution in [0.4, 0.5) is 9.18 Å². The summed E-state index contributed by atoms with van der Waals surface area (Å²) >= 11 is 5.78. The van der Waals surface area contributed by atoms with E-state index in [1.807, 2.05) is 0 Å². The maximum atomic E-state index is 13.4. The van der Waals surface area contributed by atoms with Gasteiger partial charge in [0.15, 0.2) is 5.88 Å². The first-order chi connectivity index (χ1) is 14.3. The summed E-state index contributed by atoms with van der Waals surface area (Å²) in [5.41, 5.74) is -1.28. The maximum absolute atomic E-state index is 13.4. The van der Waals surface area contributed by atoms with Gasteiger partial charge in [-0.2, -0.15) is 0 Å². The number of amides is 3. The van der Waals surface area contributed by atoms with Gasteiger partial charge in [0.25, 0.3) is 5.91 Å². The summed E-state index contributed by atoms with van der Waals surface area (Å²) in [6, 6.07) is 8.34. The van der Waals surface area contributed by atoms with E-state index in [-0.39, 0.29) is 17.4 Å². The highest BCUT2D eigenvalue weighted by molar-refractivity contribution is 6.30. The Morgan fingerprint density at radius 3 is 2.73 bits per heavy atom. The van der Waals surface area contributed by atoms with Crippen LogP contribution in [0.25, 0.3) is 10.8 Å². The first-order valence-electron chi connectivity index (χ1n) is 8.79. The van der Waals surface area contributed by atoms with Crippen molar-refractivity contribution >= 4 is 34.3 Å². The fourth-order valence-electron chi connectivity index (χ4n) is 3.21. The Morgan fingerprint density at radius 1 is 1.27 bits per heavy atom. The molecule has 3 N–H and O–H groups in total. The number of fused-ring (bicyclic) bond motifs is 1. The predicted octanol–water partition coefficient (Wildman–Crippen LogP) is 2.78. The fourth-order valence-corrected chi connectivity index (χ4v) is 3.39. The number of nitrogens with one attached hydrogen (secondary N) is 2. The van der Waals surface area contributed by atoms with E-state index < -0.39 is 23.3 Å². The number of rotatable bonds is 3. The van der Waals surface area contributed by atoms with Gasteiger partial charge in [0, 0.05) is 22.5 Å². The number of benzene rings is 2. The number of hydrogen-bond acceptors (Lipinski definition) is 4. The van der Waals surface area contributed by atoms with Gasteiger partial charge in [0.05, 0.1) is 18.7 Å². The molecule has 2 heterocycles. The van der Waals surface area contributed by atoms with Crippen LogP contribution >= 0.6 is 11.6 Å². The molecule has 1 saturated heterocycles. The van der Waals surface area contributed by atoms with Crippen molar-refractivity contribution < 1.29 is 23.8 Å². The van der Waals surface area contributed by atoms with Crippen LogP contribution in [0, 0.1) is 17.7 Å². The molecule has 0 saturated carbocycles. The molecule has 1 aliphatic rings. The van der Waals surface area contributed by atoms with Gasteiger partial charge in [-0.25, -0.2) is 9.18 Å². The molecule has 4 rings (SSSR count). The molecule has 3 aromatic rings. The number of carbonyl (C=O) groups is 2. The lowest BCUT2D eigenvalue weighted by Gasteiger charge is -2.20. The molecular formula is C21H15ClFN3O4. The Balaban J connectivity index is 1.76. The normalized spacial score (nSPS) is 18.0. The second-order valence-corrected chi connectivity index (χ2v) is 7.13. The Bertz CT molecular complexity index is 1260. The quantitative estimate of drug-likeness (QED) is 0.442. The second kappa shape index (κ2) is 7.28. The molecule has 1 aliphatic heterocycles. The first-order valence-corrected chi connectivity index (χ1v) is 9.17. The summed E-state index contributed by atoms with van der Waals surface area (Å²) in [6.07, 6.45) is 1.64. The standard InChI is InChI=1S/C21H15ClFN3O4/c1-30-14-4-3-13-10-26(18(27)15(13)9-14)11-21(19(28)24-20(29)25-21)7-6-12-2-5-17(23)16(22)8-12/h2-5,8-10,27H,11H2,1H3,(H2,24,25,28,29)/t21-/m1/s1. The molecule has 7 nitrogen and oxygen atoms in total. The minimum Gasteiger partial charge on any atom is -0.497 e. The Labute approximate surface area is 175 Å². The van der Waals surface area contributed by atoms with Crippen molar-refractivity contribution in [3.05, 3.63) is 59.0 Å². The van der Waals surface area contributed by atoms with Crippen molar-refractivity contribution in [2.45, 2.75) is 12.1 Å². The number of methoxy groups -OCH3 is 1. The van der Waals surface area contributed by atoms with Crippen LogP contribution in [-0.4, -0.2) is 34.3 Å². The molecule has 30 heavy (non-hydrogen) atoms. The van der Waals surface area contributed by atoms with E-state index in [0.29, 0.717) is 22.1 Å². The van der Waals surface area contributed by atoms with E-state index >= 15 is 0 Å². The van der Waals surface area contributed by atoms with E-state index in [4.69, 9.17) is 16.3 Å². The molecule has 0 bridgehead atoms. The van der Waals surface area contributed by atoms with E-state index in [0.717, 1.165) is 6.07 Å². The third-order valence-electron chi connectivity index (χ3n) is 4.76. The third kappa shape index (κ3) is 3.40. The van der Waals surface area contributed by atoms with E-state index in [1.54, 1.807) is 24.4 Å². The zero-order valence-corrected chi connectivity index (χ0v) is 16.4. The zero-order chi connectivity index (χ0) is 21.5. The van der Waals surface area contributed by atoms with Crippen LogP contribution in [0.2, 0.25) is 5.02 Å². The monoisotopic (exact) mass is 427 g/mol. The molecule has 0 aliphatic carbocycles. The third-order valence-corrected chi connectivity index (χ3v) is 5.05. The average molecular weight is 428 g/mol. The van der Waals surface area contributed by atoms with Crippen LogP contribution in [0.15, 0.2) is 42.6 Å². The maximum Gasteiger partial charge on any atom is 0.323 e. The lowest BCUT2D eigenvalue weighted by molar-refractivity contribution is -0.122. The highest BCUT2D eigenvalue weighted by atomic mass is 35.5. The predicted molar refractivity (Wildman–Crippen MR) is 108 cm³/mol. The van der Waals surface area contributed by atoms with Gasteiger partial charge < -0.3 is 19.7 Å². The minimum atomic E-state index is -1.64. The molecule has 9 heteroatoms. The van der Waals surface area contributed by atoms with Crippen LogP contribution in [0.1, 0.15) is 5.56 Å². The average Bonchev–Trinajstić information content (AvgIpc) is 3.18. The highest BCUT2D eigenvalue weighted by Crippen LogP contribution is 2.32. The van der Waals surface area contributed by atoms with Crippen molar-refractivity contribution in [1.29, 1.82) is 0 Å². The smallest absolute Gasteiger partial charge is 0.323 e. The molecule has 1 fully saturated rings. The molecular weight excluding hydrogens is 413 g/mol. The van der Waals surface area contributed by atoms with Crippen molar-refractivity contribution in [3.63, 3.8) is 0 Å². The number of aromatic hydroxyl groups is 1. The summed E-state index contributed by atoms with van der Waals surface area (Å²) in [6.45, 7) is -0.157. The number of halogens is 2. The van der Waals surface area contributed by atoms with Crippen LogP contribution in [0.5, 0.6) is 11.6 Å². The molecule has 1 atom stereocenters. The van der Waals surface area contributed by atoms with Crippen LogP contribution in [0.3, 0.4) is 0 Å². The van der Waals surface area contributed by atoms with Gasteiger partial charge in [-0.15, -0.1) is 0 Å². The SMILES string of the molecule is COc1ccc2cn(C[C@@]3(C#Cc4ccc(F)c(Cl)c4)NC(=O)NC3=O)c(O)c2c1. The molecule has 152 valence electrons. The van der Waals surface area contributed by atoms with Crippen molar-refractivity contribution in [2.75, 3.05) is 7.11 Å². The van der Waals surface area contributed by atoms with Crippen molar-refractivity contribution in [2.24, 2.45) is 0 Å². The number of ether oxygens (including phenoxy) is 1. The molecule has 3 amide bonds. The summed E-state index contributed by atoms with van der Waals surface area (Å²) in [5, 5.41) is 16.5. The summed E-state index contributed by atoms with van der Waals surface area (Å²) in [5.74, 6) is 4.69. The van der Waals surface area contributed by atoms with E-state index in [2.05, 4.69) is 22.5 Å². The van der Waals surface area contributed by atoms with E-state index in [1.165, 1.54) is 23.8 Å². The summed E-state index contributed by atoms with van der Waals surface area (Å²) < 4.78 is 20.0. The van der Waals surface area contributed by atoms with Crippen molar-refractivity contribution in [1.82, 2.24) is 15.2 Å². The van der Waals surface area contributed by atoms with Crippen molar-refractivity contribution in [3.8, 4) is 23.5 Å². The first kappa shape index (κ1) is 19.6. The van der Waals surface area contributed by atoms with Gasteiger partial charge in [-0.3, -0.25) is 10.1 Å². The fraction of sp³-hybridized carbons (Fsp3) is 0.143. The number of hydrogen-bond donors (Lipinski definition) is 3. The topological polar surface area (TPSA) is 92.6 Å². The number of carbonyl (C=O) groups excluding carboxylic acids is 2. The van der Waals surface area contributed by atoms with Crippen LogP contribution in [-0.2, 0) is 11.3 Å². The minimum absolute atomic E-state index is 0.108. The van der Waals surface area contributed by atoms with E-state index in [9.17, 15) is 19.1 Å². The lowest BCUT2D eigenvalue weighted by Crippen LogP contribution is -2.49. The molecule has 0 radical (unpaired) electrons. The number of nitrogens with zero attached hydrogens (tertiary/aromatic N) is 1. The molecule has 0 unspecified atom stereocenters. The molecule has 1 aromatic heterocycles. The number of imide groups is 1. The summed E-state index contributed by atoms with van der Waals surface area (Å²) in [4.78, 5) is 24.4. The largest absolute Gasteiger partial charge is 0.497 e. The second-order valence-electron chi connectivity index (χ2n) is 6.73. The Kier molecular flexibility index (Phi) is 4.76. The van der Waals surface area contributed by atoms with Crippen LogP contribution < -0.4 is 15.4 Å². The Hall–Kier alpha value is -3.70. The number of urea groups is 1. The van der Waals surface area contributed by atoms with Gasteiger partial charge in [-0.05, 0) is 36.4 Å².